The van der Waals surface area contributed by atoms with Crippen molar-refractivity contribution in [2.75, 3.05) is 52.8 Å². The van der Waals surface area contributed by atoms with E-state index in [1.54, 1.807) is 0 Å². The summed E-state index contributed by atoms with van der Waals surface area (Å²) in [5.41, 5.74) is 0. The van der Waals surface area contributed by atoms with Gasteiger partial charge in [0.25, 0.3) is 0 Å². The molecule has 0 aromatic rings. The van der Waals surface area contributed by atoms with Gasteiger partial charge in [-0.05, 0) is 20.3 Å². The highest BCUT2D eigenvalue weighted by Gasteiger charge is 2.06. The van der Waals surface area contributed by atoms with Gasteiger partial charge in [-0.2, -0.15) is 0 Å². The van der Waals surface area contributed by atoms with Gasteiger partial charge in [-0.3, -0.25) is 9.59 Å². The Morgan fingerprint density at radius 3 is 1.92 bits per heavy atom. The molecule has 0 heterocycles. The summed E-state index contributed by atoms with van der Waals surface area (Å²) in [5, 5.41) is 2.81. The smallest absolute Gasteiger partial charge is 0.220 e. The van der Waals surface area contributed by atoms with Gasteiger partial charge in [0.1, 0.15) is 5.78 Å². The zero-order valence-corrected chi connectivity index (χ0v) is 16.9. The number of ketones is 1. The molecular formula is C19H37NO6. The minimum Gasteiger partial charge on any atom is -0.379 e. The van der Waals surface area contributed by atoms with E-state index in [4.69, 9.17) is 18.9 Å². The van der Waals surface area contributed by atoms with E-state index in [1.165, 1.54) is 0 Å². The van der Waals surface area contributed by atoms with Gasteiger partial charge in [-0.25, -0.2) is 0 Å². The summed E-state index contributed by atoms with van der Waals surface area (Å²) in [4.78, 5) is 22.9. The van der Waals surface area contributed by atoms with E-state index < -0.39 is 0 Å². The highest BCUT2D eigenvalue weighted by molar-refractivity contribution is 5.80. The third kappa shape index (κ3) is 17.8. The Balaban J connectivity index is 3.21. The average molecular weight is 376 g/mol. The lowest BCUT2D eigenvalue weighted by Gasteiger charge is -2.09. The second kappa shape index (κ2) is 17.4. The number of rotatable bonds is 18. The van der Waals surface area contributed by atoms with Gasteiger partial charge in [0.15, 0.2) is 0 Å². The van der Waals surface area contributed by atoms with Gasteiger partial charge >= 0.3 is 0 Å². The van der Waals surface area contributed by atoms with Crippen molar-refractivity contribution >= 4 is 11.7 Å². The summed E-state index contributed by atoms with van der Waals surface area (Å²) in [7, 11) is 0. The average Bonchev–Trinajstić information content (AvgIpc) is 2.59. The number of ether oxygens (including phenoxy) is 4. The molecule has 0 fully saturated rings. The lowest BCUT2D eigenvalue weighted by Crippen LogP contribution is -2.27. The van der Waals surface area contributed by atoms with E-state index in [9.17, 15) is 9.59 Å². The highest BCUT2D eigenvalue weighted by atomic mass is 16.5. The number of carbonyl (C=O) groups is 2. The maximum atomic E-state index is 11.5. The van der Waals surface area contributed by atoms with Crippen LogP contribution in [0.4, 0.5) is 0 Å². The first-order valence-electron chi connectivity index (χ1n) is 9.57. The van der Waals surface area contributed by atoms with E-state index in [0.717, 1.165) is 6.42 Å². The van der Waals surface area contributed by atoms with E-state index in [0.29, 0.717) is 65.6 Å². The molecule has 0 spiro atoms. The molecule has 0 radical (unpaired) electrons. The molecule has 0 atom stereocenters. The predicted octanol–water partition coefficient (Wildman–Crippen LogP) is 1.97. The fraction of sp³-hybridized carbons (Fsp3) is 0.895. The summed E-state index contributed by atoms with van der Waals surface area (Å²) in [6, 6.07) is 0. The van der Waals surface area contributed by atoms with Crippen LogP contribution in [-0.4, -0.2) is 70.6 Å². The lowest BCUT2D eigenvalue weighted by atomic mass is 10.1. The molecule has 0 aliphatic rings. The number of nitrogens with one attached hydrogen (secondary N) is 1. The van der Waals surface area contributed by atoms with Crippen molar-refractivity contribution in [3.63, 3.8) is 0 Å². The Bertz CT molecular complexity index is 360. The van der Waals surface area contributed by atoms with Crippen LogP contribution in [0.3, 0.4) is 0 Å². The maximum Gasteiger partial charge on any atom is 0.220 e. The van der Waals surface area contributed by atoms with Crippen LogP contribution < -0.4 is 5.32 Å². The number of hydrogen-bond acceptors (Lipinski definition) is 6. The van der Waals surface area contributed by atoms with Crippen LogP contribution in [0.5, 0.6) is 0 Å². The van der Waals surface area contributed by atoms with E-state index in [2.05, 4.69) is 5.32 Å². The zero-order valence-electron chi connectivity index (χ0n) is 16.9. The topological polar surface area (TPSA) is 83.1 Å². The standard InChI is InChI=1S/C19H37NO6/c1-16(2)18(21)7-10-23-12-14-25-15-13-24-11-8-20-19(22)6-5-9-26-17(3)4/h16-17H,5-15H2,1-4H3,(H,20,22). The summed E-state index contributed by atoms with van der Waals surface area (Å²) >= 11 is 0. The molecule has 0 saturated heterocycles. The van der Waals surface area contributed by atoms with Crippen LogP contribution in [-0.2, 0) is 28.5 Å². The first-order valence-corrected chi connectivity index (χ1v) is 9.57. The summed E-state index contributed by atoms with van der Waals surface area (Å²) in [6.45, 7) is 11.7. The summed E-state index contributed by atoms with van der Waals surface area (Å²) < 4.78 is 21.5. The van der Waals surface area contributed by atoms with Crippen molar-refractivity contribution in [3.05, 3.63) is 0 Å². The largest absolute Gasteiger partial charge is 0.379 e. The van der Waals surface area contributed by atoms with Gasteiger partial charge in [0, 0.05) is 31.9 Å². The number of carbonyl (C=O) groups excluding carboxylic acids is 2. The molecule has 0 aromatic heterocycles. The molecule has 0 aliphatic carbocycles. The Morgan fingerprint density at radius 2 is 1.35 bits per heavy atom. The van der Waals surface area contributed by atoms with Crippen molar-refractivity contribution in [1.29, 1.82) is 0 Å². The minimum absolute atomic E-state index is 0.0188. The number of amides is 1. The molecule has 0 bridgehead atoms. The third-order valence-corrected chi connectivity index (χ3v) is 3.45. The Labute approximate surface area is 158 Å². The minimum atomic E-state index is 0.0188. The second-order valence-electron chi connectivity index (χ2n) is 6.58. The molecule has 0 saturated carbocycles. The molecule has 7 nitrogen and oxygen atoms in total. The Morgan fingerprint density at radius 1 is 0.769 bits per heavy atom. The summed E-state index contributed by atoms with van der Waals surface area (Å²) in [6.07, 6.45) is 1.86. The van der Waals surface area contributed by atoms with E-state index in [1.807, 2.05) is 27.7 Å². The molecule has 154 valence electrons. The summed E-state index contributed by atoms with van der Waals surface area (Å²) in [5.74, 6) is 0.302. The van der Waals surface area contributed by atoms with Crippen molar-refractivity contribution in [1.82, 2.24) is 5.32 Å². The molecule has 0 unspecified atom stereocenters. The predicted molar refractivity (Wildman–Crippen MR) is 100 cm³/mol. The first-order chi connectivity index (χ1) is 12.4. The monoisotopic (exact) mass is 375 g/mol. The Kier molecular flexibility index (Phi) is 16.7. The zero-order chi connectivity index (χ0) is 19.6. The fourth-order valence-electron chi connectivity index (χ4n) is 1.91. The number of hydrogen-bond donors (Lipinski definition) is 1. The van der Waals surface area contributed by atoms with Gasteiger partial charge in [0.2, 0.25) is 5.91 Å². The fourth-order valence-corrected chi connectivity index (χ4v) is 1.91. The molecule has 0 aliphatic heterocycles. The molecule has 1 amide bonds. The van der Waals surface area contributed by atoms with Crippen molar-refractivity contribution in [3.8, 4) is 0 Å². The SMILES string of the molecule is CC(C)OCCCC(=O)NCCOCCOCCOCCC(=O)C(C)C. The van der Waals surface area contributed by atoms with Crippen LogP contribution in [0.2, 0.25) is 0 Å². The van der Waals surface area contributed by atoms with Crippen molar-refractivity contribution < 1.29 is 28.5 Å². The van der Waals surface area contributed by atoms with Crippen LogP contribution in [0.1, 0.15) is 47.0 Å². The van der Waals surface area contributed by atoms with Gasteiger partial charge in [-0.1, -0.05) is 13.8 Å². The van der Waals surface area contributed by atoms with Crippen LogP contribution in [0, 0.1) is 5.92 Å². The molecule has 1 N–H and O–H groups in total. The number of Topliss-reactive ketones (excluding diaryl/α,β-unsaturated/α-hetero) is 1. The van der Waals surface area contributed by atoms with Crippen LogP contribution in [0.25, 0.3) is 0 Å². The van der Waals surface area contributed by atoms with Crippen molar-refractivity contribution in [2.24, 2.45) is 5.92 Å². The molecule has 26 heavy (non-hydrogen) atoms. The van der Waals surface area contributed by atoms with Gasteiger partial charge < -0.3 is 24.3 Å². The first kappa shape index (κ1) is 25.0. The molecule has 0 rings (SSSR count). The molecular weight excluding hydrogens is 338 g/mol. The van der Waals surface area contributed by atoms with E-state index in [-0.39, 0.29) is 23.7 Å². The third-order valence-electron chi connectivity index (χ3n) is 3.45. The lowest BCUT2D eigenvalue weighted by molar-refractivity contribution is -0.123. The van der Waals surface area contributed by atoms with Crippen LogP contribution >= 0.6 is 0 Å². The van der Waals surface area contributed by atoms with Crippen molar-refractivity contribution in [2.45, 2.75) is 53.1 Å². The second-order valence-corrected chi connectivity index (χ2v) is 6.58. The molecule has 0 aromatic carbocycles. The Hall–Kier alpha value is -1.02. The van der Waals surface area contributed by atoms with Crippen LogP contribution in [0.15, 0.2) is 0 Å². The molecule has 7 heteroatoms. The van der Waals surface area contributed by atoms with E-state index >= 15 is 0 Å². The quantitative estimate of drug-likeness (QED) is 0.369. The normalized spacial score (nSPS) is 11.3. The van der Waals surface area contributed by atoms with Gasteiger partial charge in [0.05, 0.1) is 45.7 Å². The van der Waals surface area contributed by atoms with Gasteiger partial charge in [-0.15, -0.1) is 0 Å². The maximum absolute atomic E-state index is 11.5. The highest BCUT2D eigenvalue weighted by Crippen LogP contribution is 1.98.